The molecular formula is C14H13N3O. The Balaban J connectivity index is 2.07. The molecule has 3 aromatic rings. The molecule has 0 aliphatic heterocycles. The maximum absolute atomic E-state index is 5.68. The predicted molar refractivity (Wildman–Crippen MR) is 70.9 cm³/mol. The maximum Gasteiger partial charge on any atom is 0.151 e. The van der Waals surface area contributed by atoms with Gasteiger partial charge in [-0.3, -0.25) is 5.10 Å². The Morgan fingerprint density at radius 3 is 2.61 bits per heavy atom. The Hall–Kier alpha value is -2.49. The van der Waals surface area contributed by atoms with Crippen LogP contribution in [-0.4, -0.2) is 10.2 Å². The van der Waals surface area contributed by atoms with Gasteiger partial charge in [0.1, 0.15) is 5.69 Å². The summed E-state index contributed by atoms with van der Waals surface area (Å²) in [5.41, 5.74) is 10.4. The van der Waals surface area contributed by atoms with E-state index < -0.39 is 0 Å². The summed E-state index contributed by atoms with van der Waals surface area (Å²) in [6.45, 7) is 2.02. The zero-order chi connectivity index (χ0) is 12.5. The normalized spacial score (nSPS) is 10.7. The van der Waals surface area contributed by atoms with E-state index in [1.165, 1.54) is 0 Å². The third-order valence-electron chi connectivity index (χ3n) is 2.96. The van der Waals surface area contributed by atoms with Gasteiger partial charge in [0, 0.05) is 16.8 Å². The lowest BCUT2D eigenvalue weighted by molar-refractivity contribution is 0.579. The van der Waals surface area contributed by atoms with Crippen molar-refractivity contribution in [2.45, 2.75) is 6.92 Å². The summed E-state index contributed by atoms with van der Waals surface area (Å²) < 4.78 is 5.38. The minimum atomic E-state index is 0.748. The van der Waals surface area contributed by atoms with Gasteiger partial charge in [-0.2, -0.15) is 5.10 Å². The fourth-order valence-electron chi connectivity index (χ4n) is 1.98. The van der Waals surface area contributed by atoms with Crippen LogP contribution in [0.1, 0.15) is 5.56 Å². The van der Waals surface area contributed by atoms with Crippen LogP contribution in [0.3, 0.4) is 0 Å². The molecule has 0 bridgehead atoms. The number of nitrogens with two attached hydrogens (primary N) is 1. The van der Waals surface area contributed by atoms with Crippen molar-refractivity contribution in [2.24, 2.45) is 0 Å². The first kappa shape index (κ1) is 10.7. The zero-order valence-electron chi connectivity index (χ0n) is 9.97. The summed E-state index contributed by atoms with van der Waals surface area (Å²) in [6, 6.07) is 11.4. The Labute approximate surface area is 104 Å². The molecule has 0 spiro atoms. The van der Waals surface area contributed by atoms with Crippen molar-refractivity contribution in [1.82, 2.24) is 10.2 Å². The second kappa shape index (κ2) is 4.07. The number of hydrogen-bond acceptors (Lipinski definition) is 3. The monoisotopic (exact) mass is 239 g/mol. The molecule has 0 atom stereocenters. The Morgan fingerprint density at radius 2 is 1.94 bits per heavy atom. The molecule has 0 saturated carbocycles. The van der Waals surface area contributed by atoms with Crippen LogP contribution >= 0.6 is 0 Å². The van der Waals surface area contributed by atoms with Crippen molar-refractivity contribution in [1.29, 1.82) is 0 Å². The van der Waals surface area contributed by atoms with Crippen molar-refractivity contribution in [2.75, 3.05) is 5.73 Å². The van der Waals surface area contributed by atoms with E-state index in [1.54, 1.807) is 6.26 Å². The first-order valence-corrected chi connectivity index (χ1v) is 5.70. The summed E-state index contributed by atoms with van der Waals surface area (Å²) in [5.74, 6) is 0.793. The van der Waals surface area contributed by atoms with Crippen molar-refractivity contribution < 1.29 is 4.42 Å². The van der Waals surface area contributed by atoms with Gasteiger partial charge in [0.25, 0.3) is 0 Å². The van der Waals surface area contributed by atoms with Crippen LogP contribution in [0.15, 0.2) is 47.1 Å². The molecule has 1 aromatic carbocycles. The van der Waals surface area contributed by atoms with Gasteiger partial charge in [0.05, 0.1) is 12.0 Å². The highest BCUT2D eigenvalue weighted by Gasteiger charge is 2.13. The number of nitrogen functional groups attached to an aromatic ring is 1. The quantitative estimate of drug-likeness (QED) is 0.674. The standard InChI is InChI=1S/C14H13N3O/c1-9-13(10-4-6-11(15)7-5-10)16-17-14(9)12-3-2-8-18-12/h2-8H,15H2,1H3,(H,16,17). The molecule has 0 fully saturated rings. The first-order valence-electron chi connectivity index (χ1n) is 5.70. The van der Waals surface area contributed by atoms with Crippen LogP contribution in [0.5, 0.6) is 0 Å². The average molecular weight is 239 g/mol. The Bertz CT molecular complexity index is 651. The lowest BCUT2D eigenvalue weighted by Gasteiger charge is -2.00. The van der Waals surface area contributed by atoms with Crippen molar-refractivity contribution in [3.05, 3.63) is 48.2 Å². The molecule has 2 aromatic heterocycles. The molecule has 18 heavy (non-hydrogen) atoms. The molecule has 0 aliphatic rings. The molecule has 90 valence electrons. The fraction of sp³-hybridized carbons (Fsp3) is 0.0714. The summed E-state index contributed by atoms with van der Waals surface area (Å²) in [6.07, 6.45) is 1.65. The molecular weight excluding hydrogens is 226 g/mol. The van der Waals surface area contributed by atoms with E-state index >= 15 is 0 Å². The molecule has 0 saturated heterocycles. The molecule has 0 aliphatic carbocycles. The van der Waals surface area contributed by atoms with E-state index in [9.17, 15) is 0 Å². The summed E-state index contributed by atoms with van der Waals surface area (Å²) in [4.78, 5) is 0. The number of aromatic nitrogens is 2. The number of hydrogen-bond donors (Lipinski definition) is 2. The van der Waals surface area contributed by atoms with Gasteiger partial charge >= 0.3 is 0 Å². The van der Waals surface area contributed by atoms with E-state index in [1.807, 2.05) is 43.3 Å². The van der Waals surface area contributed by atoms with Crippen LogP contribution in [-0.2, 0) is 0 Å². The smallest absolute Gasteiger partial charge is 0.151 e. The van der Waals surface area contributed by atoms with Crippen LogP contribution in [0, 0.1) is 6.92 Å². The number of H-pyrrole nitrogens is 1. The number of rotatable bonds is 2. The second-order valence-electron chi connectivity index (χ2n) is 4.17. The number of benzene rings is 1. The number of nitrogens with zero attached hydrogens (tertiary/aromatic N) is 1. The summed E-state index contributed by atoms with van der Waals surface area (Å²) >= 11 is 0. The number of aromatic amines is 1. The lowest BCUT2D eigenvalue weighted by atomic mass is 10.1. The number of nitrogens with one attached hydrogen (secondary N) is 1. The van der Waals surface area contributed by atoms with Gasteiger partial charge in [-0.15, -0.1) is 0 Å². The minimum absolute atomic E-state index is 0.748. The van der Waals surface area contributed by atoms with Crippen LogP contribution in [0.2, 0.25) is 0 Å². The van der Waals surface area contributed by atoms with Gasteiger partial charge in [-0.25, -0.2) is 0 Å². The van der Waals surface area contributed by atoms with E-state index in [0.29, 0.717) is 0 Å². The van der Waals surface area contributed by atoms with Crippen LogP contribution in [0.4, 0.5) is 5.69 Å². The van der Waals surface area contributed by atoms with Crippen LogP contribution < -0.4 is 5.73 Å². The zero-order valence-corrected chi connectivity index (χ0v) is 9.97. The van der Waals surface area contributed by atoms with Gasteiger partial charge < -0.3 is 10.2 Å². The molecule has 0 unspecified atom stereocenters. The summed E-state index contributed by atoms with van der Waals surface area (Å²) in [5, 5.41) is 7.36. The summed E-state index contributed by atoms with van der Waals surface area (Å²) in [7, 11) is 0. The topological polar surface area (TPSA) is 67.8 Å². The molecule has 0 amide bonds. The molecule has 2 heterocycles. The molecule has 3 N–H and O–H groups in total. The average Bonchev–Trinajstić information content (AvgIpc) is 2.99. The van der Waals surface area contributed by atoms with E-state index in [2.05, 4.69) is 10.2 Å². The van der Waals surface area contributed by atoms with Gasteiger partial charge in [-0.05, 0) is 31.2 Å². The van der Waals surface area contributed by atoms with Crippen molar-refractivity contribution >= 4 is 5.69 Å². The van der Waals surface area contributed by atoms with Gasteiger partial charge in [0.15, 0.2) is 5.76 Å². The van der Waals surface area contributed by atoms with Crippen molar-refractivity contribution in [3.8, 4) is 22.7 Å². The fourth-order valence-corrected chi connectivity index (χ4v) is 1.98. The third kappa shape index (κ3) is 1.68. The minimum Gasteiger partial charge on any atom is -0.463 e. The molecule has 0 radical (unpaired) electrons. The second-order valence-corrected chi connectivity index (χ2v) is 4.17. The first-order chi connectivity index (χ1) is 8.75. The largest absolute Gasteiger partial charge is 0.463 e. The SMILES string of the molecule is Cc1c(-c2ccc(N)cc2)n[nH]c1-c1ccco1. The molecule has 4 heteroatoms. The molecule has 4 nitrogen and oxygen atoms in total. The van der Waals surface area contributed by atoms with E-state index in [4.69, 9.17) is 10.2 Å². The number of anilines is 1. The van der Waals surface area contributed by atoms with Crippen molar-refractivity contribution in [3.63, 3.8) is 0 Å². The van der Waals surface area contributed by atoms with E-state index in [-0.39, 0.29) is 0 Å². The third-order valence-corrected chi connectivity index (χ3v) is 2.96. The van der Waals surface area contributed by atoms with E-state index in [0.717, 1.165) is 34.0 Å². The Kier molecular flexibility index (Phi) is 2.41. The highest BCUT2D eigenvalue weighted by atomic mass is 16.3. The highest BCUT2D eigenvalue weighted by molar-refractivity contribution is 5.72. The van der Waals surface area contributed by atoms with Gasteiger partial charge in [-0.1, -0.05) is 12.1 Å². The lowest BCUT2D eigenvalue weighted by Crippen LogP contribution is -1.85. The van der Waals surface area contributed by atoms with Gasteiger partial charge in [0.2, 0.25) is 0 Å². The number of furan rings is 1. The Morgan fingerprint density at radius 1 is 1.17 bits per heavy atom. The maximum atomic E-state index is 5.68. The van der Waals surface area contributed by atoms with Crippen LogP contribution in [0.25, 0.3) is 22.7 Å². The predicted octanol–water partition coefficient (Wildman–Crippen LogP) is 3.23. The molecule has 3 rings (SSSR count). The highest BCUT2D eigenvalue weighted by Crippen LogP contribution is 2.29.